The fourth-order valence-corrected chi connectivity index (χ4v) is 2.37. The maximum Gasteiger partial charge on any atom is 0.265 e. The van der Waals surface area contributed by atoms with E-state index < -0.39 is 6.10 Å². The van der Waals surface area contributed by atoms with E-state index in [-0.39, 0.29) is 11.9 Å². The Bertz CT molecular complexity index is 655. The van der Waals surface area contributed by atoms with Gasteiger partial charge >= 0.3 is 0 Å². The van der Waals surface area contributed by atoms with Gasteiger partial charge in [-0.05, 0) is 37.6 Å². The van der Waals surface area contributed by atoms with Gasteiger partial charge in [-0.25, -0.2) is 0 Å². The van der Waals surface area contributed by atoms with Crippen LogP contribution < -0.4 is 15.4 Å². The lowest BCUT2D eigenvalue weighted by molar-refractivity contribution is -0.122. The molecule has 2 N–H and O–H groups in total. The van der Waals surface area contributed by atoms with Crippen LogP contribution in [0.25, 0.3) is 0 Å². The monoisotopic (exact) mass is 282 g/mol. The number of fused-ring (bicyclic) bond motifs is 1. The van der Waals surface area contributed by atoms with Gasteiger partial charge in [0.2, 0.25) is 0 Å². The van der Waals surface area contributed by atoms with Crippen LogP contribution in [0.3, 0.4) is 0 Å². The van der Waals surface area contributed by atoms with Crippen LogP contribution in [-0.4, -0.2) is 12.0 Å². The van der Waals surface area contributed by atoms with E-state index in [4.69, 9.17) is 4.74 Å². The van der Waals surface area contributed by atoms with Crippen molar-refractivity contribution >= 4 is 17.3 Å². The first-order valence-electron chi connectivity index (χ1n) is 7.06. The van der Waals surface area contributed by atoms with Crippen LogP contribution in [0.15, 0.2) is 48.5 Å². The Hall–Kier alpha value is -2.49. The summed E-state index contributed by atoms with van der Waals surface area (Å²) in [5.74, 6) is 0.593. The molecule has 3 rings (SSSR count). The first kappa shape index (κ1) is 13.5. The van der Waals surface area contributed by atoms with Gasteiger partial charge in [0.05, 0.1) is 5.69 Å². The van der Waals surface area contributed by atoms with Gasteiger partial charge in [-0.1, -0.05) is 30.3 Å². The number of ether oxygens (including phenoxy) is 1. The van der Waals surface area contributed by atoms with E-state index in [0.29, 0.717) is 11.4 Å². The number of carbonyl (C=O) groups is 1. The molecular weight excluding hydrogens is 264 g/mol. The SMILES string of the molecule is CC1Oc2ccc(NC(C)c3ccccc3)cc2NC1=O. The Morgan fingerprint density at radius 1 is 1.19 bits per heavy atom. The zero-order valence-electron chi connectivity index (χ0n) is 12.1. The molecule has 0 radical (unpaired) electrons. The maximum absolute atomic E-state index is 11.7. The second-order valence-corrected chi connectivity index (χ2v) is 5.24. The third-order valence-electron chi connectivity index (χ3n) is 3.59. The minimum absolute atomic E-state index is 0.115. The Morgan fingerprint density at radius 2 is 1.95 bits per heavy atom. The van der Waals surface area contributed by atoms with Crippen LogP contribution in [0.1, 0.15) is 25.5 Å². The summed E-state index contributed by atoms with van der Waals surface area (Å²) in [6, 6.07) is 16.1. The van der Waals surface area contributed by atoms with E-state index in [2.05, 4.69) is 29.7 Å². The van der Waals surface area contributed by atoms with Crippen LogP contribution in [0.2, 0.25) is 0 Å². The lowest BCUT2D eigenvalue weighted by atomic mass is 10.1. The van der Waals surface area contributed by atoms with Crippen LogP contribution in [0.5, 0.6) is 5.75 Å². The minimum atomic E-state index is -0.445. The first-order valence-corrected chi connectivity index (χ1v) is 7.06. The van der Waals surface area contributed by atoms with Crippen molar-refractivity contribution in [1.29, 1.82) is 0 Å². The van der Waals surface area contributed by atoms with Crippen molar-refractivity contribution in [2.75, 3.05) is 10.6 Å². The summed E-state index contributed by atoms with van der Waals surface area (Å²) >= 11 is 0. The van der Waals surface area contributed by atoms with E-state index in [1.54, 1.807) is 6.92 Å². The Kier molecular flexibility index (Phi) is 3.52. The Balaban J connectivity index is 1.78. The van der Waals surface area contributed by atoms with E-state index in [0.717, 1.165) is 5.69 Å². The maximum atomic E-state index is 11.7. The average molecular weight is 282 g/mol. The van der Waals surface area contributed by atoms with Crippen molar-refractivity contribution in [3.8, 4) is 5.75 Å². The molecule has 0 aliphatic carbocycles. The number of hydrogen-bond donors (Lipinski definition) is 2. The number of benzene rings is 2. The van der Waals surface area contributed by atoms with Crippen LogP contribution >= 0.6 is 0 Å². The van der Waals surface area contributed by atoms with Gasteiger partial charge in [0, 0.05) is 11.7 Å². The second kappa shape index (κ2) is 5.48. The normalized spacial score (nSPS) is 18.2. The topological polar surface area (TPSA) is 50.4 Å². The summed E-state index contributed by atoms with van der Waals surface area (Å²) in [7, 11) is 0. The predicted molar refractivity (Wildman–Crippen MR) is 83.6 cm³/mol. The van der Waals surface area contributed by atoms with Crippen molar-refractivity contribution in [2.45, 2.75) is 26.0 Å². The fourth-order valence-electron chi connectivity index (χ4n) is 2.37. The fraction of sp³-hybridized carbons (Fsp3) is 0.235. The molecule has 2 unspecified atom stereocenters. The lowest BCUT2D eigenvalue weighted by Crippen LogP contribution is -2.34. The molecule has 4 heteroatoms. The highest BCUT2D eigenvalue weighted by molar-refractivity contribution is 5.98. The van der Waals surface area contributed by atoms with Gasteiger partial charge < -0.3 is 15.4 Å². The molecule has 1 aliphatic rings. The summed E-state index contributed by atoms with van der Waals surface area (Å²) in [6.07, 6.45) is -0.445. The van der Waals surface area contributed by atoms with Gasteiger partial charge in [0.15, 0.2) is 6.10 Å². The molecule has 1 heterocycles. The second-order valence-electron chi connectivity index (χ2n) is 5.24. The molecule has 4 nitrogen and oxygen atoms in total. The van der Waals surface area contributed by atoms with E-state index in [1.807, 2.05) is 36.4 Å². The van der Waals surface area contributed by atoms with Crippen LogP contribution in [0.4, 0.5) is 11.4 Å². The standard InChI is InChI=1S/C17H18N2O2/c1-11(13-6-4-3-5-7-13)18-14-8-9-16-15(10-14)19-17(20)12(2)21-16/h3-12,18H,1-2H3,(H,19,20). The minimum Gasteiger partial charge on any atom is -0.479 e. The molecular formula is C17H18N2O2. The number of rotatable bonds is 3. The smallest absolute Gasteiger partial charge is 0.265 e. The Morgan fingerprint density at radius 3 is 2.71 bits per heavy atom. The lowest BCUT2D eigenvalue weighted by Gasteiger charge is -2.24. The van der Waals surface area contributed by atoms with Crippen LogP contribution in [0, 0.1) is 0 Å². The summed E-state index contributed by atoms with van der Waals surface area (Å²) in [5, 5.41) is 6.29. The molecule has 0 spiro atoms. The molecule has 2 atom stereocenters. The van der Waals surface area contributed by atoms with Crippen molar-refractivity contribution < 1.29 is 9.53 Å². The molecule has 0 aromatic heterocycles. The van der Waals surface area contributed by atoms with Crippen molar-refractivity contribution in [3.63, 3.8) is 0 Å². The molecule has 0 fully saturated rings. The highest BCUT2D eigenvalue weighted by atomic mass is 16.5. The van der Waals surface area contributed by atoms with Crippen molar-refractivity contribution in [1.82, 2.24) is 0 Å². The molecule has 0 saturated heterocycles. The summed E-state index contributed by atoms with van der Waals surface area (Å²) in [4.78, 5) is 11.7. The molecule has 21 heavy (non-hydrogen) atoms. The van der Waals surface area contributed by atoms with Gasteiger partial charge in [0.1, 0.15) is 5.75 Å². The molecule has 2 aromatic rings. The average Bonchev–Trinajstić information content (AvgIpc) is 2.49. The number of carbonyl (C=O) groups excluding carboxylic acids is 1. The zero-order valence-corrected chi connectivity index (χ0v) is 12.1. The summed E-state index contributed by atoms with van der Waals surface area (Å²) in [5.41, 5.74) is 2.87. The third-order valence-corrected chi connectivity index (χ3v) is 3.59. The van der Waals surface area contributed by atoms with Gasteiger partial charge in [-0.2, -0.15) is 0 Å². The highest BCUT2D eigenvalue weighted by Gasteiger charge is 2.23. The number of nitrogens with one attached hydrogen (secondary N) is 2. The number of amides is 1. The quantitative estimate of drug-likeness (QED) is 0.904. The molecule has 0 saturated carbocycles. The van der Waals surface area contributed by atoms with Gasteiger partial charge in [-0.3, -0.25) is 4.79 Å². The van der Waals surface area contributed by atoms with Crippen molar-refractivity contribution in [3.05, 3.63) is 54.1 Å². The van der Waals surface area contributed by atoms with Crippen LogP contribution in [-0.2, 0) is 4.79 Å². The van der Waals surface area contributed by atoms with Crippen molar-refractivity contribution in [2.24, 2.45) is 0 Å². The van der Waals surface area contributed by atoms with E-state index in [1.165, 1.54) is 5.56 Å². The Labute approximate surface area is 124 Å². The number of anilines is 2. The largest absolute Gasteiger partial charge is 0.479 e. The van der Waals surface area contributed by atoms with Gasteiger partial charge in [0.25, 0.3) is 5.91 Å². The van der Waals surface area contributed by atoms with E-state index in [9.17, 15) is 4.79 Å². The number of hydrogen-bond acceptors (Lipinski definition) is 3. The predicted octanol–water partition coefficient (Wildman–Crippen LogP) is 3.58. The molecule has 108 valence electrons. The molecule has 0 bridgehead atoms. The highest BCUT2D eigenvalue weighted by Crippen LogP contribution is 2.33. The summed E-state index contributed by atoms with van der Waals surface area (Å²) in [6.45, 7) is 3.84. The molecule has 1 aliphatic heterocycles. The molecule has 1 amide bonds. The van der Waals surface area contributed by atoms with E-state index >= 15 is 0 Å². The first-order chi connectivity index (χ1) is 10.1. The molecule has 2 aromatic carbocycles. The van der Waals surface area contributed by atoms with Gasteiger partial charge in [-0.15, -0.1) is 0 Å². The third kappa shape index (κ3) is 2.84. The summed E-state index contributed by atoms with van der Waals surface area (Å²) < 4.78 is 5.55. The zero-order chi connectivity index (χ0) is 14.8.